The molecule has 0 aromatic heterocycles. The quantitative estimate of drug-likeness (QED) is 0.410. The van der Waals surface area contributed by atoms with Gasteiger partial charge in [-0.05, 0) is 5.92 Å². The van der Waals surface area contributed by atoms with Crippen molar-refractivity contribution in [3.63, 3.8) is 0 Å². The van der Waals surface area contributed by atoms with Gasteiger partial charge < -0.3 is 15.3 Å². The Morgan fingerprint density at radius 2 is 1.82 bits per heavy atom. The molecule has 1 fully saturated rings. The van der Waals surface area contributed by atoms with Gasteiger partial charge in [-0.25, -0.2) is 0 Å². The molecule has 64 valence electrons. The normalized spacial score (nSPS) is 46.0. The minimum Gasteiger partial charge on any atom is -0.390 e. The van der Waals surface area contributed by atoms with Crippen LogP contribution in [-0.4, -0.2) is 39.4 Å². The van der Waals surface area contributed by atoms with E-state index in [0.717, 1.165) is 0 Å². The molecule has 0 amide bonds. The van der Waals surface area contributed by atoms with Gasteiger partial charge in [0.05, 0.1) is 6.10 Å². The summed E-state index contributed by atoms with van der Waals surface area (Å²) in [6, 6.07) is 0. The summed E-state index contributed by atoms with van der Waals surface area (Å²) in [7, 11) is 0. The van der Waals surface area contributed by atoms with Crippen LogP contribution < -0.4 is 0 Å². The molecule has 0 aromatic rings. The van der Waals surface area contributed by atoms with Crippen LogP contribution in [0.15, 0.2) is 0 Å². The lowest BCUT2D eigenvalue weighted by Crippen LogP contribution is -2.50. The number of rotatable bonds is 0. The molecule has 1 saturated carbocycles. The third-order valence-corrected chi connectivity index (χ3v) is 2.11. The van der Waals surface area contributed by atoms with Crippen molar-refractivity contribution >= 4 is 5.78 Å². The fourth-order valence-electron chi connectivity index (χ4n) is 1.27. The van der Waals surface area contributed by atoms with Crippen LogP contribution in [0.5, 0.6) is 0 Å². The predicted molar refractivity (Wildman–Crippen MR) is 36.8 cm³/mol. The van der Waals surface area contributed by atoms with Crippen LogP contribution >= 0.6 is 0 Å². The number of carbonyl (C=O) groups excluding carboxylic acids is 1. The summed E-state index contributed by atoms with van der Waals surface area (Å²) >= 11 is 0. The highest BCUT2D eigenvalue weighted by molar-refractivity contribution is 5.84. The Bertz CT molecular complexity index is 168. The predicted octanol–water partition coefficient (Wildman–Crippen LogP) is -1.32. The van der Waals surface area contributed by atoms with Gasteiger partial charge in [0.1, 0.15) is 12.2 Å². The molecule has 4 heteroatoms. The van der Waals surface area contributed by atoms with E-state index >= 15 is 0 Å². The van der Waals surface area contributed by atoms with Gasteiger partial charge in [0.2, 0.25) is 0 Å². The van der Waals surface area contributed by atoms with Crippen molar-refractivity contribution < 1.29 is 20.1 Å². The first-order valence-corrected chi connectivity index (χ1v) is 3.61. The molecule has 4 nitrogen and oxygen atoms in total. The minimum absolute atomic E-state index is 0.138. The zero-order valence-corrected chi connectivity index (χ0v) is 6.27. The van der Waals surface area contributed by atoms with E-state index < -0.39 is 24.1 Å². The number of hydrogen-bond donors (Lipinski definition) is 3. The lowest BCUT2D eigenvalue weighted by atomic mass is 9.83. The summed E-state index contributed by atoms with van der Waals surface area (Å²) < 4.78 is 0. The number of Topliss-reactive ketones (excluding diaryl/α,β-unsaturated/α-hetero) is 1. The molecule has 1 rings (SSSR count). The van der Waals surface area contributed by atoms with Crippen molar-refractivity contribution in [2.24, 2.45) is 5.92 Å². The molecule has 0 aromatic carbocycles. The number of aliphatic hydroxyl groups is 3. The van der Waals surface area contributed by atoms with Crippen LogP contribution in [0, 0.1) is 5.92 Å². The lowest BCUT2D eigenvalue weighted by Gasteiger charge is -2.31. The molecule has 11 heavy (non-hydrogen) atoms. The molecule has 3 N–H and O–H groups in total. The van der Waals surface area contributed by atoms with E-state index in [0.29, 0.717) is 0 Å². The maximum atomic E-state index is 10.8. The zero-order chi connectivity index (χ0) is 8.59. The second kappa shape index (κ2) is 2.89. The van der Waals surface area contributed by atoms with Crippen molar-refractivity contribution in [2.75, 3.05) is 0 Å². The molecular formula is C7H12O4. The van der Waals surface area contributed by atoms with Crippen molar-refractivity contribution in [1.29, 1.82) is 0 Å². The van der Waals surface area contributed by atoms with Gasteiger partial charge in [0, 0.05) is 6.42 Å². The zero-order valence-electron chi connectivity index (χ0n) is 6.27. The molecule has 1 aliphatic rings. The Morgan fingerprint density at radius 3 is 2.36 bits per heavy atom. The minimum atomic E-state index is -1.40. The second-order valence-corrected chi connectivity index (χ2v) is 3.07. The van der Waals surface area contributed by atoms with Crippen molar-refractivity contribution in [1.82, 2.24) is 0 Å². The second-order valence-electron chi connectivity index (χ2n) is 3.07. The first kappa shape index (κ1) is 8.64. The van der Waals surface area contributed by atoms with Gasteiger partial charge >= 0.3 is 0 Å². The van der Waals surface area contributed by atoms with Crippen LogP contribution in [0.2, 0.25) is 0 Å². The Hall–Kier alpha value is -0.450. The summed E-state index contributed by atoms with van der Waals surface area (Å²) in [5.41, 5.74) is 0. The van der Waals surface area contributed by atoms with Crippen molar-refractivity contribution in [3.8, 4) is 0 Å². The molecule has 0 heterocycles. The smallest absolute Gasteiger partial charge is 0.164 e. The van der Waals surface area contributed by atoms with Crippen LogP contribution in [0.1, 0.15) is 13.3 Å². The average molecular weight is 160 g/mol. The molecule has 0 spiro atoms. The first-order chi connectivity index (χ1) is 5.04. The summed E-state index contributed by atoms with van der Waals surface area (Å²) in [5, 5.41) is 27.2. The molecule has 0 aliphatic heterocycles. The maximum Gasteiger partial charge on any atom is 0.164 e. The summed E-state index contributed by atoms with van der Waals surface area (Å²) in [6.07, 6.45) is -3.56. The molecule has 1 aliphatic carbocycles. The van der Waals surface area contributed by atoms with Crippen LogP contribution in [0.3, 0.4) is 0 Å². The summed E-state index contributed by atoms with van der Waals surface area (Å²) in [6.45, 7) is 1.66. The van der Waals surface area contributed by atoms with E-state index in [1.165, 1.54) is 0 Å². The van der Waals surface area contributed by atoms with E-state index in [2.05, 4.69) is 0 Å². The van der Waals surface area contributed by atoms with Gasteiger partial charge in [-0.15, -0.1) is 0 Å². The van der Waals surface area contributed by atoms with Gasteiger partial charge in [-0.2, -0.15) is 0 Å². The number of hydrogen-bond acceptors (Lipinski definition) is 4. The molecule has 4 unspecified atom stereocenters. The highest BCUT2D eigenvalue weighted by atomic mass is 16.4. The number of carbonyl (C=O) groups is 1. The fourth-order valence-corrected chi connectivity index (χ4v) is 1.27. The van der Waals surface area contributed by atoms with E-state index in [4.69, 9.17) is 10.2 Å². The van der Waals surface area contributed by atoms with Crippen LogP contribution in [0.25, 0.3) is 0 Å². The van der Waals surface area contributed by atoms with Gasteiger partial charge in [-0.3, -0.25) is 4.79 Å². The third-order valence-electron chi connectivity index (χ3n) is 2.11. The van der Waals surface area contributed by atoms with Crippen LogP contribution in [0.4, 0.5) is 0 Å². The topological polar surface area (TPSA) is 77.8 Å². The maximum absolute atomic E-state index is 10.8. The van der Waals surface area contributed by atoms with Gasteiger partial charge in [-0.1, -0.05) is 6.92 Å². The molecule has 0 radical (unpaired) electrons. The third kappa shape index (κ3) is 1.42. The Labute approximate surface area is 64.5 Å². The summed E-state index contributed by atoms with van der Waals surface area (Å²) in [4.78, 5) is 10.8. The molecule has 0 saturated heterocycles. The Morgan fingerprint density at radius 1 is 1.27 bits per heavy atom. The summed E-state index contributed by atoms with van der Waals surface area (Å²) in [5.74, 6) is -0.656. The lowest BCUT2D eigenvalue weighted by molar-refractivity contribution is -0.152. The van der Waals surface area contributed by atoms with Gasteiger partial charge in [0.15, 0.2) is 5.78 Å². The van der Waals surface area contributed by atoms with E-state index in [1.807, 2.05) is 0 Å². The van der Waals surface area contributed by atoms with E-state index in [9.17, 15) is 9.90 Å². The molecule has 0 bridgehead atoms. The fraction of sp³-hybridized carbons (Fsp3) is 0.857. The largest absolute Gasteiger partial charge is 0.390 e. The first-order valence-electron chi connectivity index (χ1n) is 3.61. The number of ketones is 1. The SMILES string of the molecule is CC1CC(=O)C(O)C(O)C1O. The standard InChI is InChI=1S/C7H12O4/c1-3-2-4(8)6(10)7(11)5(3)9/h3,5-7,9-11H,2H2,1H3. The van der Waals surface area contributed by atoms with Crippen LogP contribution in [-0.2, 0) is 4.79 Å². The van der Waals surface area contributed by atoms with E-state index in [-0.39, 0.29) is 12.3 Å². The van der Waals surface area contributed by atoms with Crippen molar-refractivity contribution in [3.05, 3.63) is 0 Å². The monoisotopic (exact) mass is 160 g/mol. The van der Waals surface area contributed by atoms with Gasteiger partial charge in [0.25, 0.3) is 0 Å². The average Bonchev–Trinajstić information content (AvgIpc) is 1.97. The molecule has 4 atom stereocenters. The van der Waals surface area contributed by atoms with Crippen molar-refractivity contribution in [2.45, 2.75) is 31.7 Å². The van der Waals surface area contributed by atoms with E-state index in [1.54, 1.807) is 6.92 Å². The Balaban J connectivity index is 2.70. The Kier molecular flexibility index (Phi) is 2.27. The number of aliphatic hydroxyl groups excluding tert-OH is 3. The highest BCUT2D eigenvalue weighted by Gasteiger charge is 2.39. The molecular weight excluding hydrogens is 148 g/mol. The highest BCUT2D eigenvalue weighted by Crippen LogP contribution is 2.21.